The molecule has 0 spiro atoms. The second kappa shape index (κ2) is 10.3. The first kappa shape index (κ1) is 24.8. The fraction of sp³-hybridized carbons (Fsp3) is 0.304. The van der Waals surface area contributed by atoms with Gasteiger partial charge in [-0.15, -0.1) is 0 Å². The predicted octanol–water partition coefficient (Wildman–Crippen LogP) is 4.53. The minimum atomic E-state index is -0.486. The Morgan fingerprint density at radius 3 is 2.68 bits per heavy atom. The van der Waals surface area contributed by atoms with Crippen molar-refractivity contribution < 1.29 is 14.2 Å². The van der Waals surface area contributed by atoms with E-state index in [0.29, 0.717) is 30.5 Å². The molecule has 4 heterocycles. The molecule has 0 radical (unpaired) electrons. The van der Waals surface area contributed by atoms with E-state index >= 15 is 0 Å². The van der Waals surface area contributed by atoms with Crippen molar-refractivity contribution >= 4 is 51.1 Å². The van der Waals surface area contributed by atoms with Crippen LogP contribution in [0.2, 0.25) is 10.0 Å². The fourth-order valence-electron chi connectivity index (χ4n) is 4.30. The maximum absolute atomic E-state index is 13.8. The first-order valence-corrected chi connectivity index (χ1v) is 11.9. The number of pyridine rings is 2. The van der Waals surface area contributed by atoms with E-state index < -0.39 is 5.56 Å². The Labute approximate surface area is 219 Å². The lowest BCUT2D eigenvalue weighted by Gasteiger charge is -2.29. The number of anilines is 1. The molecular weight excluding hydrogens is 523 g/mol. The highest BCUT2D eigenvalue weighted by Crippen LogP contribution is 2.43. The van der Waals surface area contributed by atoms with E-state index in [1.54, 1.807) is 18.3 Å². The van der Waals surface area contributed by atoms with Crippen LogP contribution in [0.4, 0.5) is 5.95 Å². The van der Waals surface area contributed by atoms with Gasteiger partial charge in [0.05, 0.1) is 49.5 Å². The predicted molar refractivity (Wildman–Crippen MR) is 139 cm³/mol. The third-order valence-corrected chi connectivity index (χ3v) is 6.81. The van der Waals surface area contributed by atoms with Crippen LogP contribution < -0.4 is 20.3 Å². The molecule has 1 aromatic carbocycles. The molecule has 5 rings (SSSR count). The van der Waals surface area contributed by atoms with Crippen molar-refractivity contribution in [2.45, 2.75) is 18.5 Å². The molecule has 1 unspecified atom stereocenters. The number of ether oxygens (including phenoxy) is 3. The van der Waals surface area contributed by atoms with Crippen molar-refractivity contribution in [1.82, 2.24) is 19.5 Å². The van der Waals surface area contributed by atoms with Gasteiger partial charge >= 0.3 is 0 Å². The summed E-state index contributed by atoms with van der Waals surface area (Å²) in [6, 6.07) is 4.40. The molecule has 3 aromatic heterocycles. The van der Waals surface area contributed by atoms with Gasteiger partial charge in [-0.25, -0.2) is 15.0 Å². The second-order valence-electron chi connectivity index (χ2n) is 8.12. The van der Waals surface area contributed by atoms with Crippen molar-refractivity contribution in [2.24, 2.45) is 5.11 Å². The van der Waals surface area contributed by atoms with Gasteiger partial charge in [-0.2, -0.15) is 0 Å². The smallest absolute Gasteiger partial charge is 0.267 e. The number of hydrogen-bond acceptors (Lipinski definition) is 9. The highest BCUT2D eigenvalue weighted by Gasteiger charge is 2.27. The van der Waals surface area contributed by atoms with E-state index in [2.05, 4.69) is 30.3 Å². The van der Waals surface area contributed by atoms with Gasteiger partial charge in [-0.05, 0) is 24.1 Å². The molecule has 1 fully saturated rings. The summed E-state index contributed by atoms with van der Waals surface area (Å²) in [5, 5.41) is 8.02. The lowest BCUT2D eigenvalue weighted by atomic mass is 10.1. The molecule has 1 saturated heterocycles. The zero-order valence-electron chi connectivity index (χ0n) is 19.7. The van der Waals surface area contributed by atoms with E-state index in [-0.39, 0.29) is 56.3 Å². The number of nitrogens with one attached hydrogen (secondary N) is 1. The van der Waals surface area contributed by atoms with E-state index in [1.165, 1.54) is 31.0 Å². The van der Waals surface area contributed by atoms with Crippen LogP contribution in [0.3, 0.4) is 0 Å². The first-order valence-electron chi connectivity index (χ1n) is 11.1. The van der Waals surface area contributed by atoms with Gasteiger partial charge in [0, 0.05) is 35.4 Å². The number of methoxy groups -OCH3 is 2. The second-order valence-corrected chi connectivity index (χ2v) is 8.87. The summed E-state index contributed by atoms with van der Waals surface area (Å²) in [7, 11) is 2.90. The Balaban J connectivity index is 1.73. The zero-order chi connectivity index (χ0) is 26.1. The van der Waals surface area contributed by atoms with E-state index in [0.717, 1.165) is 0 Å². The Kier molecular flexibility index (Phi) is 6.90. The molecule has 2 atom stereocenters. The monoisotopic (exact) mass is 542 g/mol. The van der Waals surface area contributed by atoms with Gasteiger partial charge in [0.15, 0.2) is 0 Å². The fourth-order valence-corrected chi connectivity index (χ4v) is 4.97. The third-order valence-electron chi connectivity index (χ3n) is 6.08. The molecule has 1 N–H and O–H groups in total. The Morgan fingerprint density at radius 1 is 1.22 bits per heavy atom. The van der Waals surface area contributed by atoms with Crippen molar-refractivity contribution in [3.8, 4) is 17.2 Å². The molecule has 0 saturated carbocycles. The number of azide groups is 1. The molecule has 0 amide bonds. The Bertz CT molecular complexity index is 1590. The molecule has 4 aromatic rings. The van der Waals surface area contributed by atoms with Gasteiger partial charge in [0.2, 0.25) is 5.95 Å². The summed E-state index contributed by atoms with van der Waals surface area (Å²) >= 11 is 13.3. The number of hydrogen-bond donors (Lipinski definition) is 1. The van der Waals surface area contributed by atoms with Crippen molar-refractivity contribution in [2.75, 3.05) is 32.8 Å². The lowest BCUT2D eigenvalue weighted by molar-refractivity contribution is 0.0767. The highest BCUT2D eigenvalue weighted by molar-refractivity contribution is 6.39. The van der Waals surface area contributed by atoms with Crippen LogP contribution in [-0.4, -0.2) is 59.0 Å². The standard InChI is InChI=1S/C23H20Cl2N8O4/c1-35-15-8-16(36-2)18(25)20(17(15)24)33-21-11(4-3-6-27-21)19-12(22(33)34)9-28-23(30-19)29-14-10-37-7-5-13(14)31-32-26/h3-4,6,8-9,13-14H,5,7,10H2,1-2H3,(H,28,29,30)/t13?,14-/m1/s1. The molecule has 14 heteroatoms. The maximum Gasteiger partial charge on any atom is 0.267 e. The third kappa shape index (κ3) is 4.34. The van der Waals surface area contributed by atoms with Crippen LogP contribution in [0.5, 0.6) is 11.5 Å². The molecule has 37 heavy (non-hydrogen) atoms. The summed E-state index contributed by atoms with van der Waals surface area (Å²) < 4.78 is 17.6. The zero-order valence-corrected chi connectivity index (χ0v) is 21.2. The SMILES string of the molecule is COc1cc(OC)c(Cl)c(-n2c(=O)c3cnc(N[C@@H]4COCCC4N=[N+]=[N-])nc3c3cccnc32)c1Cl. The van der Waals surface area contributed by atoms with Crippen molar-refractivity contribution in [3.63, 3.8) is 0 Å². The largest absolute Gasteiger partial charge is 0.495 e. The van der Waals surface area contributed by atoms with Crippen LogP contribution in [0, 0.1) is 0 Å². The van der Waals surface area contributed by atoms with E-state index in [4.69, 9.17) is 42.9 Å². The van der Waals surface area contributed by atoms with Gasteiger partial charge in [0.25, 0.3) is 5.56 Å². The van der Waals surface area contributed by atoms with Crippen LogP contribution in [0.1, 0.15) is 6.42 Å². The van der Waals surface area contributed by atoms with Gasteiger partial charge in [-0.3, -0.25) is 9.36 Å². The molecular formula is C23H20Cl2N8O4. The Morgan fingerprint density at radius 2 is 1.97 bits per heavy atom. The number of benzene rings is 1. The van der Waals surface area contributed by atoms with Crippen LogP contribution >= 0.6 is 23.2 Å². The minimum Gasteiger partial charge on any atom is -0.495 e. The molecule has 0 aliphatic carbocycles. The van der Waals surface area contributed by atoms with E-state index in [1.807, 2.05) is 0 Å². The molecule has 0 bridgehead atoms. The summed E-state index contributed by atoms with van der Waals surface area (Å²) in [6.07, 6.45) is 3.54. The summed E-state index contributed by atoms with van der Waals surface area (Å²) in [6.45, 7) is 0.820. The van der Waals surface area contributed by atoms with E-state index in [9.17, 15) is 4.79 Å². The quantitative estimate of drug-likeness (QED) is 0.161. The van der Waals surface area contributed by atoms with Crippen LogP contribution in [0.25, 0.3) is 38.1 Å². The average Bonchev–Trinajstić information content (AvgIpc) is 2.92. The maximum atomic E-state index is 13.8. The average molecular weight is 543 g/mol. The first-order chi connectivity index (χ1) is 18.0. The summed E-state index contributed by atoms with van der Waals surface area (Å²) in [5.41, 5.74) is 9.22. The number of fused-ring (bicyclic) bond motifs is 3. The lowest BCUT2D eigenvalue weighted by Crippen LogP contribution is -2.41. The normalized spacial score (nSPS) is 17.4. The number of nitrogens with zero attached hydrogens (tertiary/aromatic N) is 7. The number of aromatic nitrogens is 4. The molecule has 190 valence electrons. The number of halogens is 2. The minimum absolute atomic E-state index is 0.113. The van der Waals surface area contributed by atoms with Gasteiger partial charge in [-0.1, -0.05) is 28.3 Å². The van der Waals surface area contributed by atoms with Crippen molar-refractivity contribution in [1.29, 1.82) is 0 Å². The highest BCUT2D eigenvalue weighted by atomic mass is 35.5. The summed E-state index contributed by atoms with van der Waals surface area (Å²) in [5.74, 6) is 0.797. The van der Waals surface area contributed by atoms with Crippen LogP contribution in [0.15, 0.2) is 40.5 Å². The van der Waals surface area contributed by atoms with Crippen LogP contribution in [-0.2, 0) is 4.74 Å². The Hall–Kier alpha value is -3.83. The number of rotatable bonds is 6. The molecule has 1 aliphatic rings. The molecule has 12 nitrogen and oxygen atoms in total. The van der Waals surface area contributed by atoms with Crippen molar-refractivity contribution in [3.05, 3.63) is 61.4 Å². The summed E-state index contributed by atoms with van der Waals surface area (Å²) in [4.78, 5) is 30.2. The topological polar surface area (TPSA) is 149 Å². The molecule has 1 aliphatic heterocycles. The van der Waals surface area contributed by atoms with Gasteiger partial charge < -0.3 is 19.5 Å². The van der Waals surface area contributed by atoms with Gasteiger partial charge in [0.1, 0.15) is 27.2 Å².